The molecule has 0 unspecified atom stereocenters. The number of aliphatic hydroxyl groups excluding tert-OH is 1. The van der Waals surface area contributed by atoms with E-state index in [1.54, 1.807) is 12.4 Å². The zero-order chi connectivity index (χ0) is 19.0. The van der Waals surface area contributed by atoms with Crippen LogP contribution in [0.25, 0.3) is 11.4 Å². The molecular formula is C19H23F2N3O3. The molecule has 8 heteroatoms. The van der Waals surface area contributed by atoms with E-state index in [0.29, 0.717) is 18.9 Å². The molecule has 0 bridgehead atoms. The van der Waals surface area contributed by atoms with Gasteiger partial charge in [0.2, 0.25) is 0 Å². The Balaban J connectivity index is 1.62. The first kappa shape index (κ1) is 18.3. The SMILES string of the molecule is COc1ccc(F)c(F)c1-c1nccn1[C@H]1C[C@H]2CO[C@@H](CCO)CN2C1. The minimum absolute atomic E-state index is 0.0352. The van der Waals surface area contributed by atoms with Crippen LogP contribution in [0.1, 0.15) is 18.9 Å². The minimum atomic E-state index is -0.955. The summed E-state index contributed by atoms with van der Waals surface area (Å²) in [6.07, 6.45) is 4.90. The zero-order valence-corrected chi connectivity index (χ0v) is 15.1. The molecule has 1 aromatic heterocycles. The summed E-state index contributed by atoms with van der Waals surface area (Å²) in [6, 6.07) is 2.83. The Kier molecular flexibility index (Phi) is 5.12. The van der Waals surface area contributed by atoms with Gasteiger partial charge >= 0.3 is 0 Å². The van der Waals surface area contributed by atoms with Crippen molar-refractivity contribution in [3.8, 4) is 17.1 Å². The number of aliphatic hydroxyl groups is 1. The quantitative estimate of drug-likeness (QED) is 0.863. The van der Waals surface area contributed by atoms with Crippen molar-refractivity contribution in [1.82, 2.24) is 14.5 Å². The predicted molar refractivity (Wildman–Crippen MR) is 94.6 cm³/mol. The van der Waals surface area contributed by atoms with E-state index in [1.165, 1.54) is 13.2 Å². The Labute approximate surface area is 156 Å². The Hall–Kier alpha value is -2.03. The third-order valence-corrected chi connectivity index (χ3v) is 5.48. The minimum Gasteiger partial charge on any atom is -0.496 e. The van der Waals surface area contributed by atoms with Gasteiger partial charge in [-0.15, -0.1) is 0 Å². The molecule has 2 saturated heterocycles. The molecule has 3 atom stereocenters. The van der Waals surface area contributed by atoms with Crippen LogP contribution in [-0.2, 0) is 4.74 Å². The fraction of sp³-hybridized carbons (Fsp3) is 0.526. The molecule has 3 heterocycles. The number of hydrogen-bond acceptors (Lipinski definition) is 5. The number of rotatable bonds is 5. The lowest BCUT2D eigenvalue weighted by atomic mass is 10.1. The van der Waals surface area contributed by atoms with Crippen molar-refractivity contribution in [1.29, 1.82) is 0 Å². The number of nitrogens with zero attached hydrogens (tertiary/aromatic N) is 3. The monoisotopic (exact) mass is 379 g/mol. The van der Waals surface area contributed by atoms with Gasteiger partial charge < -0.3 is 19.1 Å². The fourth-order valence-electron chi connectivity index (χ4n) is 4.15. The van der Waals surface area contributed by atoms with Gasteiger partial charge in [0.05, 0.1) is 25.4 Å². The van der Waals surface area contributed by atoms with Crippen LogP contribution >= 0.6 is 0 Å². The van der Waals surface area contributed by atoms with E-state index in [2.05, 4.69) is 9.88 Å². The highest BCUT2D eigenvalue weighted by molar-refractivity contribution is 5.65. The highest BCUT2D eigenvalue weighted by atomic mass is 19.2. The Morgan fingerprint density at radius 1 is 1.30 bits per heavy atom. The first-order valence-corrected chi connectivity index (χ1v) is 9.14. The van der Waals surface area contributed by atoms with Crippen molar-refractivity contribution in [2.45, 2.75) is 31.0 Å². The van der Waals surface area contributed by atoms with Crippen LogP contribution in [-0.4, -0.2) is 65.1 Å². The van der Waals surface area contributed by atoms with Crippen molar-refractivity contribution in [2.24, 2.45) is 0 Å². The van der Waals surface area contributed by atoms with Crippen LogP contribution in [0, 0.1) is 11.6 Å². The molecule has 4 rings (SSSR count). The van der Waals surface area contributed by atoms with E-state index < -0.39 is 11.6 Å². The third-order valence-electron chi connectivity index (χ3n) is 5.48. The molecule has 2 aliphatic rings. The Bertz CT molecular complexity index is 813. The Morgan fingerprint density at radius 3 is 2.93 bits per heavy atom. The van der Waals surface area contributed by atoms with Gasteiger partial charge in [-0.3, -0.25) is 4.90 Å². The van der Waals surface area contributed by atoms with Crippen molar-refractivity contribution in [2.75, 3.05) is 33.4 Å². The van der Waals surface area contributed by atoms with E-state index in [1.807, 2.05) is 4.57 Å². The van der Waals surface area contributed by atoms with Gasteiger partial charge in [0, 0.05) is 44.2 Å². The van der Waals surface area contributed by atoms with E-state index in [9.17, 15) is 8.78 Å². The highest BCUT2D eigenvalue weighted by Gasteiger charge is 2.38. The maximum atomic E-state index is 14.5. The normalized spacial score (nSPS) is 25.6. The molecule has 1 aromatic carbocycles. The van der Waals surface area contributed by atoms with Crippen LogP contribution in [0.3, 0.4) is 0 Å². The largest absolute Gasteiger partial charge is 0.496 e. The topological polar surface area (TPSA) is 59.8 Å². The first-order chi connectivity index (χ1) is 13.1. The molecule has 146 valence electrons. The number of fused-ring (bicyclic) bond motifs is 1. The van der Waals surface area contributed by atoms with Gasteiger partial charge in [0.25, 0.3) is 0 Å². The van der Waals surface area contributed by atoms with Gasteiger partial charge in [0.15, 0.2) is 11.6 Å². The molecule has 2 aromatic rings. The van der Waals surface area contributed by atoms with Gasteiger partial charge in [-0.25, -0.2) is 13.8 Å². The maximum Gasteiger partial charge on any atom is 0.173 e. The van der Waals surface area contributed by atoms with Gasteiger partial charge in [0.1, 0.15) is 11.6 Å². The molecule has 27 heavy (non-hydrogen) atoms. The lowest BCUT2D eigenvalue weighted by Crippen LogP contribution is -2.46. The van der Waals surface area contributed by atoms with Gasteiger partial charge in [-0.2, -0.15) is 0 Å². The fourth-order valence-corrected chi connectivity index (χ4v) is 4.15. The van der Waals surface area contributed by atoms with Crippen LogP contribution in [0.15, 0.2) is 24.5 Å². The average molecular weight is 379 g/mol. The molecule has 0 aliphatic carbocycles. The summed E-state index contributed by atoms with van der Waals surface area (Å²) in [5.41, 5.74) is 0.0433. The van der Waals surface area contributed by atoms with E-state index in [4.69, 9.17) is 14.6 Å². The van der Waals surface area contributed by atoms with E-state index >= 15 is 0 Å². The summed E-state index contributed by atoms with van der Waals surface area (Å²) in [7, 11) is 1.43. The summed E-state index contributed by atoms with van der Waals surface area (Å²) in [6.45, 7) is 2.27. The maximum absolute atomic E-state index is 14.5. The number of hydrogen-bond donors (Lipinski definition) is 1. The predicted octanol–water partition coefficient (Wildman–Crippen LogP) is 2.23. The van der Waals surface area contributed by atoms with Crippen LogP contribution < -0.4 is 4.74 Å². The van der Waals surface area contributed by atoms with Gasteiger partial charge in [-0.1, -0.05) is 0 Å². The molecule has 0 spiro atoms. The molecule has 0 radical (unpaired) electrons. The lowest BCUT2D eigenvalue weighted by molar-refractivity contribution is -0.0567. The number of imidazole rings is 1. The van der Waals surface area contributed by atoms with Crippen molar-refractivity contribution >= 4 is 0 Å². The third kappa shape index (κ3) is 3.33. The molecule has 2 fully saturated rings. The second-order valence-corrected chi connectivity index (χ2v) is 7.06. The average Bonchev–Trinajstić information content (AvgIpc) is 3.30. The van der Waals surface area contributed by atoms with Crippen molar-refractivity contribution < 1.29 is 23.4 Å². The van der Waals surface area contributed by atoms with Crippen LogP contribution in [0.4, 0.5) is 8.78 Å². The smallest absolute Gasteiger partial charge is 0.173 e. The summed E-state index contributed by atoms with van der Waals surface area (Å²) in [4.78, 5) is 6.64. The lowest BCUT2D eigenvalue weighted by Gasteiger charge is -2.34. The summed E-state index contributed by atoms with van der Waals surface area (Å²) >= 11 is 0. The summed E-state index contributed by atoms with van der Waals surface area (Å²) in [5.74, 6) is -1.27. The molecule has 6 nitrogen and oxygen atoms in total. The molecule has 2 aliphatic heterocycles. The number of halogens is 2. The zero-order valence-electron chi connectivity index (χ0n) is 15.1. The summed E-state index contributed by atoms with van der Waals surface area (Å²) < 4.78 is 41.4. The van der Waals surface area contributed by atoms with Crippen LogP contribution in [0.2, 0.25) is 0 Å². The standard InChI is InChI=1S/C19H23F2N3O3/c1-26-16-3-2-15(20)18(21)17(16)19-22-5-6-24(19)12-8-13-11-27-14(4-7-25)10-23(13)9-12/h2-3,5-6,12-14,25H,4,7-11H2,1H3/t12-,13-,14-/m0/s1. The Morgan fingerprint density at radius 2 is 2.15 bits per heavy atom. The van der Waals surface area contributed by atoms with Crippen molar-refractivity contribution in [3.05, 3.63) is 36.2 Å². The molecule has 0 saturated carbocycles. The second kappa shape index (κ2) is 7.53. The molecule has 1 N–H and O–H groups in total. The van der Waals surface area contributed by atoms with E-state index in [-0.39, 0.29) is 36.1 Å². The number of aromatic nitrogens is 2. The molecular weight excluding hydrogens is 356 g/mol. The van der Waals surface area contributed by atoms with Crippen LogP contribution in [0.5, 0.6) is 5.75 Å². The summed E-state index contributed by atoms with van der Waals surface area (Å²) in [5, 5.41) is 9.13. The van der Waals surface area contributed by atoms with E-state index in [0.717, 1.165) is 25.6 Å². The number of morpholine rings is 1. The molecule has 0 amide bonds. The second-order valence-electron chi connectivity index (χ2n) is 7.06. The highest BCUT2D eigenvalue weighted by Crippen LogP contribution is 2.37. The van der Waals surface area contributed by atoms with Crippen molar-refractivity contribution in [3.63, 3.8) is 0 Å². The van der Waals surface area contributed by atoms with Gasteiger partial charge in [-0.05, 0) is 25.0 Å². The number of methoxy groups -OCH3 is 1. The number of benzene rings is 1. The number of ether oxygens (including phenoxy) is 2. The first-order valence-electron chi connectivity index (χ1n) is 9.14.